The summed E-state index contributed by atoms with van der Waals surface area (Å²) in [4.78, 5) is 0. The van der Waals surface area contributed by atoms with Crippen LogP contribution >= 0.6 is 0 Å². The van der Waals surface area contributed by atoms with Crippen molar-refractivity contribution in [3.63, 3.8) is 0 Å². The lowest BCUT2D eigenvalue weighted by Crippen LogP contribution is -2.20. The number of alkyl halides is 6. The van der Waals surface area contributed by atoms with E-state index < -0.39 is 23.9 Å². The van der Waals surface area contributed by atoms with Crippen LogP contribution in [0.2, 0.25) is 0 Å². The van der Waals surface area contributed by atoms with Gasteiger partial charge in [-0.05, 0) is 18.2 Å². The highest BCUT2D eigenvalue weighted by Crippen LogP contribution is 2.39. The van der Waals surface area contributed by atoms with E-state index in [1.807, 2.05) is 0 Å². The van der Waals surface area contributed by atoms with E-state index in [4.69, 9.17) is 0 Å². The zero-order valence-corrected chi connectivity index (χ0v) is 8.41. The van der Waals surface area contributed by atoms with Crippen LogP contribution in [-0.4, -0.2) is 13.4 Å². The number of halogens is 6. The first-order valence-corrected chi connectivity index (χ1v) is 4.28. The van der Waals surface area contributed by atoms with Gasteiger partial charge < -0.3 is 10.1 Å². The van der Waals surface area contributed by atoms with E-state index in [2.05, 4.69) is 10.1 Å². The SMILES string of the molecule is CNc1ccc(OC(F)(F)F)c(C(F)(F)F)c1. The fourth-order valence-electron chi connectivity index (χ4n) is 1.12. The first kappa shape index (κ1) is 13.5. The number of ether oxygens (including phenoxy) is 1. The third-order valence-corrected chi connectivity index (χ3v) is 1.80. The predicted octanol–water partition coefficient (Wildman–Crippen LogP) is 3.65. The maximum atomic E-state index is 12.5. The highest BCUT2D eigenvalue weighted by molar-refractivity contribution is 5.51. The van der Waals surface area contributed by atoms with Crippen LogP contribution in [-0.2, 0) is 6.18 Å². The third kappa shape index (κ3) is 3.72. The summed E-state index contributed by atoms with van der Waals surface area (Å²) in [5.74, 6) is -1.27. The monoisotopic (exact) mass is 259 g/mol. The molecule has 1 rings (SSSR count). The number of hydrogen-bond donors (Lipinski definition) is 1. The number of anilines is 1. The van der Waals surface area contributed by atoms with E-state index in [-0.39, 0.29) is 5.69 Å². The second-order valence-corrected chi connectivity index (χ2v) is 3.01. The minimum Gasteiger partial charge on any atom is -0.405 e. The lowest BCUT2D eigenvalue weighted by Gasteiger charge is -2.16. The molecule has 0 fully saturated rings. The van der Waals surface area contributed by atoms with Crippen LogP contribution in [0.15, 0.2) is 18.2 Å². The van der Waals surface area contributed by atoms with Gasteiger partial charge in [-0.1, -0.05) is 0 Å². The van der Waals surface area contributed by atoms with Gasteiger partial charge in [0.2, 0.25) is 0 Å². The van der Waals surface area contributed by atoms with Crippen molar-refractivity contribution in [3.05, 3.63) is 23.8 Å². The van der Waals surface area contributed by atoms with E-state index in [0.717, 1.165) is 6.07 Å². The van der Waals surface area contributed by atoms with Crippen molar-refractivity contribution in [2.75, 3.05) is 12.4 Å². The molecule has 8 heteroatoms. The summed E-state index contributed by atoms with van der Waals surface area (Å²) in [7, 11) is 1.35. The van der Waals surface area contributed by atoms with Crippen LogP contribution < -0.4 is 10.1 Å². The van der Waals surface area contributed by atoms with Crippen LogP contribution in [0.3, 0.4) is 0 Å². The average molecular weight is 259 g/mol. The van der Waals surface area contributed by atoms with E-state index in [1.165, 1.54) is 7.05 Å². The van der Waals surface area contributed by atoms with Crippen molar-refractivity contribution in [1.29, 1.82) is 0 Å². The number of benzene rings is 1. The molecule has 0 amide bonds. The molecule has 2 nitrogen and oxygen atoms in total. The van der Waals surface area contributed by atoms with Crippen molar-refractivity contribution in [1.82, 2.24) is 0 Å². The van der Waals surface area contributed by atoms with E-state index >= 15 is 0 Å². The van der Waals surface area contributed by atoms with Crippen LogP contribution in [0.25, 0.3) is 0 Å². The summed E-state index contributed by atoms with van der Waals surface area (Å²) in [6.07, 6.45) is -10.1. The molecule has 17 heavy (non-hydrogen) atoms. The van der Waals surface area contributed by atoms with Gasteiger partial charge in [-0.2, -0.15) is 13.2 Å². The molecular formula is C9H7F6NO. The van der Waals surface area contributed by atoms with Crippen molar-refractivity contribution < 1.29 is 31.1 Å². The van der Waals surface area contributed by atoms with Gasteiger partial charge in [-0.15, -0.1) is 13.2 Å². The summed E-state index contributed by atoms with van der Waals surface area (Å²) in [5.41, 5.74) is -1.45. The van der Waals surface area contributed by atoms with Gasteiger partial charge in [0.05, 0.1) is 5.56 Å². The quantitative estimate of drug-likeness (QED) is 0.818. The van der Waals surface area contributed by atoms with Crippen molar-refractivity contribution >= 4 is 5.69 Å². The second kappa shape index (κ2) is 4.34. The Kier molecular flexibility index (Phi) is 3.44. The maximum Gasteiger partial charge on any atom is 0.573 e. The van der Waals surface area contributed by atoms with Crippen molar-refractivity contribution in [2.45, 2.75) is 12.5 Å². The Bertz CT molecular complexity index is 397. The molecule has 0 aromatic heterocycles. The number of nitrogens with one attached hydrogen (secondary N) is 1. The first-order valence-electron chi connectivity index (χ1n) is 4.28. The highest BCUT2D eigenvalue weighted by Gasteiger charge is 2.39. The Morgan fingerprint density at radius 3 is 2.06 bits per heavy atom. The molecule has 1 aromatic carbocycles. The predicted molar refractivity (Wildman–Crippen MR) is 47.7 cm³/mol. The average Bonchev–Trinajstić information content (AvgIpc) is 2.14. The van der Waals surface area contributed by atoms with E-state index in [1.54, 1.807) is 0 Å². The molecule has 1 N–H and O–H groups in total. The third-order valence-electron chi connectivity index (χ3n) is 1.80. The molecule has 0 heterocycles. The molecule has 0 saturated carbocycles. The lowest BCUT2D eigenvalue weighted by atomic mass is 10.1. The van der Waals surface area contributed by atoms with Crippen LogP contribution in [0, 0.1) is 0 Å². The summed E-state index contributed by atoms with van der Waals surface area (Å²) >= 11 is 0. The Morgan fingerprint density at radius 2 is 1.65 bits per heavy atom. The fraction of sp³-hybridized carbons (Fsp3) is 0.333. The van der Waals surface area contributed by atoms with Crippen LogP contribution in [0.1, 0.15) is 5.56 Å². The number of rotatable bonds is 2. The Labute approximate surface area is 92.2 Å². The summed E-state index contributed by atoms with van der Waals surface area (Å²) in [6.45, 7) is 0. The van der Waals surface area contributed by atoms with Gasteiger partial charge in [0.15, 0.2) is 0 Å². The zero-order chi connectivity index (χ0) is 13.3. The topological polar surface area (TPSA) is 21.3 Å². The minimum atomic E-state index is -5.17. The molecule has 0 bridgehead atoms. The summed E-state index contributed by atoms with van der Waals surface area (Å²) in [5, 5.41) is 2.39. The van der Waals surface area contributed by atoms with E-state index in [9.17, 15) is 26.3 Å². The summed E-state index contributed by atoms with van der Waals surface area (Å²) in [6, 6.07) is 2.21. The lowest BCUT2D eigenvalue weighted by molar-refractivity contribution is -0.276. The molecular weight excluding hydrogens is 252 g/mol. The normalized spacial score (nSPS) is 12.4. The largest absolute Gasteiger partial charge is 0.573 e. The maximum absolute atomic E-state index is 12.5. The smallest absolute Gasteiger partial charge is 0.405 e. The second-order valence-electron chi connectivity index (χ2n) is 3.01. The Morgan fingerprint density at radius 1 is 1.06 bits per heavy atom. The summed E-state index contributed by atoms with van der Waals surface area (Å²) < 4.78 is 76.4. The molecule has 96 valence electrons. The van der Waals surface area contributed by atoms with Crippen molar-refractivity contribution in [2.24, 2.45) is 0 Å². The van der Waals surface area contributed by atoms with Gasteiger partial charge in [-0.25, -0.2) is 0 Å². The molecule has 0 saturated heterocycles. The van der Waals surface area contributed by atoms with Gasteiger partial charge >= 0.3 is 12.5 Å². The van der Waals surface area contributed by atoms with Gasteiger partial charge in [0, 0.05) is 12.7 Å². The van der Waals surface area contributed by atoms with Gasteiger partial charge in [-0.3, -0.25) is 0 Å². The zero-order valence-electron chi connectivity index (χ0n) is 8.41. The molecule has 0 spiro atoms. The minimum absolute atomic E-state index is 0.0341. The molecule has 0 radical (unpaired) electrons. The molecule has 0 aliphatic heterocycles. The molecule has 0 aliphatic rings. The van der Waals surface area contributed by atoms with Gasteiger partial charge in [0.1, 0.15) is 5.75 Å². The first-order chi connectivity index (χ1) is 7.63. The van der Waals surface area contributed by atoms with Crippen LogP contribution in [0.5, 0.6) is 5.75 Å². The molecule has 0 aliphatic carbocycles. The fourth-order valence-corrected chi connectivity index (χ4v) is 1.12. The Hall–Kier alpha value is -1.60. The molecule has 0 atom stereocenters. The number of hydrogen-bond acceptors (Lipinski definition) is 2. The molecule has 0 unspecified atom stereocenters. The van der Waals surface area contributed by atoms with Gasteiger partial charge in [0.25, 0.3) is 0 Å². The highest BCUT2D eigenvalue weighted by atomic mass is 19.4. The van der Waals surface area contributed by atoms with Crippen molar-refractivity contribution in [3.8, 4) is 5.75 Å². The standard InChI is InChI=1S/C9H7F6NO/c1-16-5-2-3-7(17-9(13,14)15)6(4-5)8(10,11)12/h2-4,16H,1H3. The molecule has 1 aromatic rings. The van der Waals surface area contributed by atoms with E-state index in [0.29, 0.717) is 12.1 Å². The Balaban J connectivity index is 3.21. The van der Waals surface area contributed by atoms with Crippen LogP contribution in [0.4, 0.5) is 32.0 Å².